The molecule has 0 radical (unpaired) electrons. The van der Waals surface area contributed by atoms with Crippen molar-refractivity contribution in [3.8, 4) is 5.75 Å². The number of aromatic nitrogens is 1. The van der Waals surface area contributed by atoms with E-state index in [4.69, 9.17) is 32.7 Å². The number of hydrogen-bond donors (Lipinski definition) is 0. The molecule has 0 saturated heterocycles. The summed E-state index contributed by atoms with van der Waals surface area (Å²) in [6, 6.07) is 18.1. The van der Waals surface area contributed by atoms with Crippen molar-refractivity contribution in [2.75, 3.05) is 13.7 Å². The van der Waals surface area contributed by atoms with E-state index >= 15 is 0 Å². The van der Waals surface area contributed by atoms with E-state index < -0.39 is 18.5 Å². The van der Waals surface area contributed by atoms with Gasteiger partial charge in [0.1, 0.15) is 10.9 Å². The van der Waals surface area contributed by atoms with Gasteiger partial charge in [0.25, 0.3) is 5.91 Å². The molecule has 1 aliphatic rings. The lowest BCUT2D eigenvalue weighted by Crippen LogP contribution is -2.31. The van der Waals surface area contributed by atoms with Crippen LogP contribution in [0.3, 0.4) is 0 Å². The molecule has 0 unspecified atom stereocenters. The van der Waals surface area contributed by atoms with Crippen LogP contribution in [0.5, 0.6) is 5.75 Å². The highest BCUT2D eigenvalue weighted by Gasteiger charge is 2.33. The van der Waals surface area contributed by atoms with Crippen LogP contribution in [0.2, 0.25) is 10.2 Å². The standard InChI is InChI=1S/C24H19Cl2N3O4/c1-32-18-9-7-16(8-10-18)21-12-20(15-5-3-2-4-6-15)28-29(21)22(30)14-33-24(31)17-11-19(25)23(26)27-13-17/h2-11,13,21H,12,14H2,1H3/t21-/m0/s1. The minimum atomic E-state index is -0.734. The van der Waals surface area contributed by atoms with Gasteiger partial charge < -0.3 is 9.47 Å². The van der Waals surface area contributed by atoms with Gasteiger partial charge in [-0.2, -0.15) is 5.10 Å². The van der Waals surface area contributed by atoms with Gasteiger partial charge in [-0.05, 0) is 29.3 Å². The van der Waals surface area contributed by atoms with E-state index in [-0.39, 0.29) is 21.8 Å². The highest BCUT2D eigenvalue weighted by atomic mass is 35.5. The van der Waals surface area contributed by atoms with Crippen molar-refractivity contribution >= 4 is 40.8 Å². The lowest BCUT2D eigenvalue weighted by atomic mass is 9.98. The lowest BCUT2D eigenvalue weighted by Gasteiger charge is -2.22. The smallest absolute Gasteiger partial charge is 0.340 e. The summed E-state index contributed by atoms with van der Waals surface area (Å²) in [6.07, 6.45) is 1.76. The molecule has 0 fully saturated rings. The maximum absolute atomic E-state index is 13.0. The van der Waals surface area contributed by atoms with E-state index in [9.17, 15) is 9.59 Å². The molecule has 3 aromatic rings. The minimum absolute atomic E-state index is 0.0754. The van der Waals surface area contributed by atoms with Crippen molar-refractivity contribution in [2.24, 2.45) is 5.10 Å². The molecule has 1 amide bonds. The molecule has 1 aliphatic heterocycles. The fourth-order valence-electron chi connectivity index (χ4n) is 3.44. The summed E-state index contributed by atoms with van der Waals surface area (Å²) in [5.74, 6) is -0.479. The molecule has 168 valence electrons. The molecule has 0 N–H and O–H groups in total. The molecule has 0 saturated carbocycles. The number of ether oxygens (including phenoxy) is 2. The van der Waals surface area contributed by atoms with Gasteiger partial charge in [0, 0.05) is 12.6 Å². The van der Waals surface area contributed by atoms with Crippen molar-refractivity contribution in [3.63, 3.8) is 0 Å². The number of hydrogen-bond acceptors (Lipinski definition) is 6. The van der Waals surface area contributed by atoms with Gasteiger partial charge in [0.05, 0.1) is 29.4 Å². The summed E-state index contributed by atoms with van der Waals surface area (Å²) in [5, 5.41) is 6.12. The third-order valence-corrected chi connectivity index (χ3v) is 5.82. The highest BCUT2D eigenvalue weighted by molar-refractivity contribution is 6.41. The number of hydrazone groups is 1. The van der Waals surface area contributed by atoms with E-state index in [1.165, 1.54) is 17.3 Å². The maximum atomic E-state index is 13.0. The van der Waals surface area contributed by atoms with Gasteiger partial charge in [0.2, 0.25) is 0 Å². The SMILES string of the molecule is COc1ccc([C@@H]2CC(c3ccccc3)=NN2C(=O)COC(=O)c2cnc(Cl)c(Cl)c2)cc1. The first-order valence-electron chi connectivity index (χ1n) is 10.0. The molecule has 0 spiro atoms. The van der Waals surface area contributed by atoms with E-state index in [0.29, 0.717) is 12.2 Å². The van der Waals surface area contributed by atoms with E-state index in [2.05, 4.69) is 10.1 Å². The Morgan fingerprint density at radius 2 is 1.82 bits per heavy atom. The largest absolute Gasteiger partial charge is 0.497 e. The van der Waals surface area contributed by atoms with Crippen LogP contribution in [0, 0.1) is 0 Å². The first-order chi connectivity index (χ1) is 16.0. The maximum Gasteiger partial charge on any atom is 0.340 e. The Morgan fingerprint density at radius 1 is 1.09 bits per heavy atom. The normalized spacial score (nSPS) is 15.2. The van der Waals surface area contributed by atoms with Gasteiger partial charge >= 0.3 is 5.97 Å². The minimum Gasteiger partial charge on any atom is -0.497 e. The fraction of sp³-hybridized carbons (Fsp3) is 0.167. The van der Waals surface area contributed by atoms with Gasteiger partial charge in [-0.1, -0.05) is 65.7 Å². The van der Waals surface area contributed by atoms with E-state index in [1.54, 1.807) is 7.11 Å². The number of rotatable bonds is 6. The Kier molecular flexibility index (Phi) is 6.91. The van der Waals surface area contributed by atoms with Crippen LogP contribution in [-0.2, 0) is 9.53 Å². The average Bonchev–Trinajstić information content (AvgIpc) is 3.30. The molecule has 4 rings (SSSR count). The summed E-state index contributed by atoms with van der Waals surface area (Å²) in [7, 11) is 1.59. The third-order valence-electron chi connectivity index (χ3n) is 5.13. The number of carbonyl (C=O) groups excluding carboxylic acids is 2. The monoisotopic (exact) mass is 483 g/mol. The second-order valence-electron chi connectivity index (χ2n) is 7.22. The van der Waals surface area contributed by atoms with Crippen molar-refractivity contribution < 1.29 is 19.1 Å². The number of carbonyl (C=O) groups is 2. The number of nitrogens with zero attached hydrogens (tertiary/aromatic N) is 3. The Morgan fingerprint density at radius 3 is 2.48 bits per heavy atom. The number of pyridine rings is 1. The molecule has 2 heterocycles. The Labute approximate surface area is 200 Å². The Balaban J connectivity index is 1.53. The van der Waals surface area contributed by atoms with Crippen molar-refractivity contribution in [1.29, 1.82) is 0 Å². The molecular formula is C24H19Cl2N3O4. The second-order valence-corrected chi connectivity index (χ2v) is 7.98. The summed E-state index contributed by atoms with van der Waals surface area (Å²) in [4.78, 5) is 29.2. The first kappa shape index (κ1) is 22.8. The molecule has 33 heavy (non-hydrogen) atoms. The zero-order chi connectivity index (χ0) is 23.4. The van der Waals surface area contributed by atoms with Crippen molar-refractivity contribution in [2.45, 2.75) is 12.5 Å². The van der Waals surface area contributed by atoms with Crippen LogP contribution >= 0.6 is 23.2 Å². The second kappa shape index (κ2) is 10.0. The Bertz CT molecular complexity index is 1200. The van der Waals surface area contributed by atoms with Crippen LogP contribution in [0.15, 0.2) is 72.0 Å². The fourth-order valence-corrected chi connectivity index (χ4v) is 3.71. The Hall–Kier alpha value is -3.42. The third kappa shape index (κ3) is 5.16. The predicted octanol–water partition coefficient (Wildman–Crippen LogP) is 4.93. The van der Waals surface area contributed by atoms with Crippen LogP contribution < -0.4 is 4.74 Å². The van der Waals surface area contributed by atoms with Crippen LogP contribution in [0.25, 0.3) is 0 Å². The zero-order valence-electron chi connectivity index (χ0n) is 17.6. The van der Waals surface area contributed by atoms with Gasteiger partial charge in [0.15, 0.2) is 6.61 Å². The molecule has 1 aromatic heterocycles. The van der Waals surface area contributed by atoms with Crippen LogP contribution in [0.1, 0.15) is 33.9 Å². The number of esters is 1. The first-order valence-corrected chi connectivity index (χ1v) is 10.8. The topological polar surface area (TPSA) is 81.1 Å². The number of amides is 1. The van der Waals surface area contributed by atoms with Crippen LogP contribution in [0.4, 0.5) is 0 Å². The average molecular weight is 484 g/mol. The van der Waals surface area contributed by atoms with E-state index in [1.807, 2.05) is 54.6 Å². The van der Waals surface area contributed by atoms with Crippen molar-refractivity contribution in [3.05, 3.63) is 93.7 Å². The van der Waals surface area contributed by atoms with Crippen LogP contribution in [-0.4, -0.2) is 41.3 Å². The number of halogens is 2. The molecule has 7 nitrogen and oxygen atoms in total. The number of benzene rings is 2. The molecule has 2 aromatic carbocycles. The quantitative estimate of drug-likeness (QED) is 0.366. The lowest BCUT2D eigenvalue weighted by molar-refractivity contribution is -0.136. The summed E-state index contributed by atoms with van der Waals surface area (Å²) in [5.41, 5.74) is 2.67. The molecule has 0 aliphatic carbocycles. The summed E-state index contributed by atoms with van der Waals surface area (Å²) >= 11 is 11.7. The van der Waals surface area contributed by atoms with Gasteiger partial charge in [-0.3, -0.25) is 4.79 Å². The predicted molar refractivity (Wildman–Crippen MR) is 125 cm³/mol. The van der Waals surface area contributed by atoms with E-state index in [0.717, 1.165) is 16.8 Å². The summed E-state index contributed by atoms with van der Waals surface area (Å²) < 4.78 is 10.4. The van der Waals surface area contributed by atoms with Crippen molar-refractivity contribution in [1.82, 2.24) is 9.99 Å². The zero-order valence-corrected chi connectivity index (χ0v) is 19.1. The highest BCUT2D eigenvalue weighted by Crippen LogP contribution is 2.33. The molecule has 9 heteroatoms. The van der Waals surface area contributed by atoms with Gasteiger partial charge in [-0.15, -0.1) is 0 Å². The summed E-state index contributed by atoms with van der Waals surface area (Å²) in [6.45, 7) is -0.489. The molecule has 1 atom stereocenters. The van der Waals surface area contributed by atoms with Gasteiger partial charge in [-0.25, -0.2) is 14.8 Å². The molecule has 0 bridgehead atoms. The molecular weight excluding hydrogens is 465 g/mol. The number of methoxy groups -OCH3 is 1.